The number of halogens is 3. The number of benzene rings is 2. The van der Waals surface area contributed by atoms with Crippen molar-refractivity contribution in [3.8, 4) is 5.75 Å². The molecule has 0 spiro atoms. The number of nitrogens with one attached hydrogen (secondary N) is 2. The third-order valence-electron chi connectivity index (χ3n) is 3.47. The van der Waals surface area contributed by atoms with Gasteiger partial charge in [0.1, 0.15) is 11.9 Å². The third-order valence-corrected chi connectivity index (χ3v) is 5.07. The minimum absolute atomic E-state index is 0.0810. The van der Waals surface area contributed by atoms with E-state index in [1.165, 1.54) is 11.6 Å². The van der Waals surface area contributed by atoms with E-state index in [0.717, 1.165) is 10.5 Å². The molecule has 148 valence electrons. The lowest BCUT2D eigenvalue weighted by Crippen LogP contribution is -2.18. The molecule has 1 atom stereocenters. The molecule has 0 bridgehead atoms. The van der Waals surface area contributed by atoms with Gasteiger partial charge in [-0.1, -0.05) is 37.9 Å². The molecule has 0 radical (unpaired) electrons. The zero-order valence-corrected chi connectivity index (χ0v) is 18.9. The standard InChI is InChI=1S/C18H15Br3N2O5/c19-10-4-6-12(7-5-10)22-18(26)28-15(2-1-3-16(24)23-27)13-8-11(20)9-14(21)17(13)25/h1,3-9,15,25,27H,2H2,(H,22,26)(H,23,24)/b3-1+/t15-/m0/s1. The molecule has 0 saturated carbocycles. The first-order chi connectivity index (χ1) is 13.3. The number of hydroxylamine groups is 1. The molecule has 2 aromatic carbocycles. The Hall–Kier alpha value is -1.88. The maximum Gasteiger partial charge on any atom is 0.412 e. The summed E-state index contributed by atoms with van der Waals surface area (Å²) in [5.74, 6) is -0.817. The molecule has 0 unspecified atom stereocenters. The predicted molar refractivity (Wildman–Crippen MR) is 114 cm³/mol. The highest BCUT2D eigenvalue weighted by Gasteiger charge is 2.21. The SMILES string of the molecule is O=C(/C=C/C[C@H](OC(=O)Nc1ccc(Br)cc1)c1cc(Br)cc(Br)c1O)NO. The molecule has 0 aliphatic heterocycles. The molecule has 0 aliphatic rings. The zero-order chi connectivity index (χ0) is 20.7. The van der Waals surface area contributed by atoms with Crippen LogP contribution in [-0.4, -0.2) is 22.3 Å². The van der Waals surface area contributed by atoms with Crippen molar-refractivity contribution in [2.75, 3.05) is 5.32 Å². The van der Waals surface area contributed by atoms with Gasteiger partial charge in [0.15, 0.2) is 0 Å². The second-order valence-corrected chi connectivity index (χ2v) is 8.15. The van der Waals surface area contributed by atoms with Crippen molar-refractivity contribution < 1.29 is 24.6 Å². The minimum Gasteiger partial charge on any atom is -0.506 e. The highest BCUT2D eigenvalue weighted by Crippen LogP contribution is 2.38. The number of carbonyl (C=O) groups excluding carboxylic acids is 2. The largest absolute Gasteiger partial charge is 0.506 e. The van der Waals surface area contributed by atoms with Crippen LogP contribution < -0.4 is 10.8 Å². The quantitative estimate of drug-likeness (QED) is 0.208. The van der Waals surface area contributed by atoms with Crippen molar-refractivity contribution in [2.45, 2.75) is 12.5 Å². The molecule has 4 N–H and O–H groups in total. The molecule has 2 amide bonds. The molecule has 0 heterocycles. The van der Waals surface area contributed by atoms with E-state index in [9.17, 15) is 14.7 Å². The molecule has 0 aliphatic carbocycles. The lowest BCUT2D eigenvalue weighted by atomic mass is 10.0. The second kappa shape index (κ2) is 10.6. The van der Waals surface area contributed by atoms with Crippen LogP contribution in [0.15, 0.2) is 62.0 Å². The highest BCUT2D eigenvalue weighted by atomic mass is 79.9. The Kier molecular flexibility index (Phi) is 8.49. The number of phenols is 1. The Morgan fingerprint density at radius 3 is 2.43 bits per heavy atom. The Balaban J connectivity index is 2.22. The van der Waals surface area contributed by atoms with Gasteiger partial charge in [-0.2, -0.15) is 0 Å². The number of ether oxygens (including phenoxy) is 1. The maximum absolute atomic E-state index is 12.3. The molecule has 10 heteroatoms. The van der Waals surface area contributed by atoms with Crippen LogP contribution in [0.2, 0.25) is 0 Å². The average molecular weight is 579 g/mol. The van der Waals surface area contributed by atoms with Gasteiger partial charge < -0.3 is 9.84 Å². The van der Waals surface area contributed by atoms with Crippen molar-refractivity contribution in [1.29, 1.82) is 0 Å². The van der Waals surface area contributed by atoms with E-state index < -0.39 is 18.1 Å². The van der Waals surface area contributed by atoms with Gasteiger partial charge in [0.25, 0.3) is 5.91 Å². The second-order valence-electron chi connectivity index (χ2n) is 5.47. The Labute approximate surface area is 186 Å². The van der Waals surface area contributed by atoms with E-state index in [4.69, 9.17) is 9.94 Å². The number of aromatic hydroxyl groups is 1. The summed E-state index contributed by atoms with van der Waals surface area (Å²) in [5, 5.41) is 21.5. The Morgan fingerprint density at radius 1 is 1.11 bits per heavy atom. The van der Waals surface area contributed by atoms with Crippen molar-refractivity contribution in [3.05, 3.63) is 67.5 Å². The van der Waals surface area contributed by atoms with Gasteiger partial charge in [-0.05, 0) is 52.3 Å². The minimum atomic E-state index is -0.896. The van der Waals surface area contributed by atoms with Crippen LogP contribution in [-0.2, 0) is 9.53 Å². The van der Waals surface area contributed by atoms with Crippen molar-refractivity contribution in [2.24, 2.45) is 0 Å². The summed E-state index contributed by atoms with van der Waals surface area (Å²) < 4.78 is 7.40. The molecule has 2 rings (SSSR count). The number of phenolic OH excluding ortho intramolecular Hbond substituents is 1. The topological polar surface area (TPSA) is 108 Å². The maximum atomic E-state index is 12.3. The van der Waals surface area contributed by atoms with Gasteiger partial charge in [0.2, 0.25) is 0 Å². The van der Waals surface area contributed by atoms with E-state index >= 15 is 0 Å². The van der Waals surface area contributed by atoms with E-state index in [0.29, 0.717) is 20.2 Å². The van der Waals surface area contributed by atoms with Gasteiger partial charge in [0.05, 0.1) is 4.47 Å². The number of anilines is 1. The third kappa shape index (κ3) is 6.62. The van der Waals surface area contributed by atoms with Crippen molar-refractivity contribution in [3.63, 3.8) is 0 Å². The number of carbonyl (C=O) groups is 2. The summed E-state index contributed by atoms with van der Waals surface area (Å²) >= 11 is 9.88. The molecule has 0 fully saturated rings. The monoisotopic (exact) mass is 576 g/mol. The van der Waals surface area contributed by atoms with Crippen LogP contribution >= 0.6 is 47.8 Å². The molecule has 0 saturated heterocycles. The molecule has 0 aromatic heterocycles. The first-order valence-electron chi connectivity index (χ1n) is 7.82. The first kappa shape index (κ1) is 22.4. The van der Waals surface area contributed by atoms with Crippen LogP contribution in [0.4, 0.5) is 10.5 Å². The lowest BCUT2D eigenvalue weighted by Gasteiger charge is -2.19. The first-order valence-corrected chi connectivity index (χ1v) is 10.2. The molecular formula is C18H15Br3N2O5. The van der Waals surface area contributed by atoms with Crippen molar-refractivity contribution in [1.82, 2.24) is 5.48 Å². The molecule has 28 heavy (non-hydrogen) atoms. The van der Waals surface area contributed by atoms with Gasteiger partial charge >= 0.3 is 6.09 Å². The van der Waals surface area contributed by atoms with Gasteiger partial charge in [0, 0.05) is 32.7 Å². The highest BCUT2D eigenvalue weighted by molar-refractivity contribution is 9.11. The van der Waals surface area contributed by atoms with Gasteiger partial charge in [-0.15, -0.1) is 0 Å². The smallest absolute Gasteiger partial charge is 0.412 e. The van der Waals surface area contributed by atoms with Gasteiger partial charge in [-0.3, -0.25) is 15.3 Å². The predicted octanol–water partition coefficient (Wildman–Crippen LogP) is 5.42. The zero-order valence-electron chi connectivity index (χ0n) is 14.2. The fourth-order valence-electron chi connectivity index (χ4n) is 2.22. The van der Waals surface area contributed by atoms with E-state index in [1.54, 1.807) is 36.4 Å². The number of amides is 2. The fraction of sp³-hybridized carbons (Fsp3) is 0.111. The summed E-state index contributed by atoms with van der Waals surface area (Å²) in [6.07, 6.45) is 0.956. The van der Waals surface area contributed by atoms with E-state index in [-0.39, 0.29) is 12.2 Å². The molecule has 2 aromatic rings. The number of rotatable bonds is 6. The van der Waals surface area contributed by atoms with Crippen molar-refractivity contribution >= 4 is 65.5 Å². The Morgan fingerprint density at radius 2 is 1.79 bits per heavy atom. The summed E-state index contributed by atoms with van der Waals surface area (Å²) in [4.78, 5) is 23.5. The summed E-state index contributed by atoms with van der Waals surface area (Å²) in [6, 6.07) is 10.2. The van der Waals surface area contributed by atoms with Crippen LogP contribution in [0.25, 0.3) is 0 Å². The Bertz CT molecular complexity index is 888. The van der Waals surface area contributed by atoms with Crippen LogP contribution in [0.3, 0.4) is 0 Å². The summed E-state index contributed by atoms with van der Waals surface area (Å²) in [5.41, 5.74) is 2.34. The number of hydrogen-bond acceptors (Lipinski definition) is 5. The van der Waals surface area contributed by atoms with Crippen LogP contribution in [0.5, 0.6) is 5.75 Å². The normalized spacial score (nSPS) is 11.9. The van der Waals surface area contributed by atoms with E-state index in [1.807, 2.05) is 0 Å². The summed E-state index contributed by atoms with van der Waals surface area (Å²) in [6.45, 7) is 0. The molecule has 7 nitrogen and oxygen atoms in total. The van der Waals surface area contributed by atoms with E-state index in [2.05, 4.69) is 53.1 Å². The summed E-state index contributed by atoms with van der Waals surface area (Å²) in [7, 11) is 0. The fourth-order valence-corrected chi connectivity index (χ4v) is 3.74. The number of hydrogen-bond donors (Lipinski definition) is 4. The molecular weight excluding hydrogens is 564 g/mol. The van der Waals surface area contributed by atoms with Crippen LogP contribution in [0, 0.1) is 0 Å². The average Bonchev–Trinajstić information content (AvgIpc) is 2.65. The lowest BCUT2D eigenvalue weighted by molar-refractivity contribution is -0.124. The van der Waals surface area contributed by atoms with Crippen LogP contribution in [0.1, 0.15) is 18.1 Å². The van der Waals surface area contributed by atoms with Gasteiger partial charge in [-0.25, -0.2) is 10.3 Å².